The molecule has 0 spiro atoms. The first kappa shape index (κ1) is 12.1. The molecule has 1 heterocycles. The predicted molar refractivity (Wildman–Crippen MR) is 65.1 cm³/mol. The molecule has 1 N–H and O–H groups in total. The maximum Gasteiger partial charge on any atom is 0.304 e. The highest BCUT2D eigenvalue weighted by Gasteiger charge is 2.25. The molecular formula is C14H18O3. The summed E-state index contributed by atoms with van der Waals surface area (Å²) in [5.74, 6) is -0.760. The smallest absolute Gasteiger partial charge is 0.304 e. The third-order valence-corrected chi connectivity index (χ3v) is 3.35. The van der Waals surface area contributed by atoms with Crippen LogP contribution in [-0.4, -0.2) is 17.7 Å². The molecule has 0 fully saturated rings. The molecule has 17 heavy (non-hydrogen) atoms. The third-order valence-electron chi connectivity index (χ3n) is 3.35. The van der Waals surface area contributed by atoms with Gasteiger partial charge in [-0.2, -0.15) is 0 Å². The molecule has 3 heteroatoms. The Hall–Kier alpha value is -1.35. The molecule has 0 amide bonds. The Morgan fingerprint density at radius 2 is 2.18 bits per heavy atom. The number of carboxylic acids is 1. The van der Waals surface area contributed by atoms with Crippen molar-refractivity contribution in [3.63, 3.8) is 0 Å². The van der Waals surface area contributed by atoms with Gasteiger partial charge < -0.3 is 9.84 Å². The lowest BCUT2D eigenvalue weighted by Gasteiger charge is -2.26. The molecule has 1 aliphatic heterocycles. The van der Waals surface area contributed by atoms with Crippen LogP contribution in [0.1, 0.15) is 37.0 Å². The van der Waals surface area contributed by atoms with E-state index in [1.807, 2.05) is 19.9 Å². The fourth-order valence-electron chi connectivity index (χ4n) is 2.27. The Morgan fingerprint density at radius 3 is 2.88 bits per heavy atom. The van der Waals surface area contributed by atoms with Crippen LogP contribution < -0.4 is 0 Å². The molecule has 92 valence electrons. The van der Waals surface area contributed by atoms with Gasteiger partial charge in [0.1, 0.15) is 0 Å². The Morgan fingerprint density at radius 1 is 1.41 bits per heavy atom. The number of aliphatic carboxylic acids is 1. The van der Waals surface area contributed by atoms with Gasteiger partial charge in [-0.1, -0.05) is 32.0 Å². The van der Waals surface area contributed by atoms with Gasteiger partial charge in [0.2, 0.25) is 0 Å². The first-order valence-electron chi connectivity index (χ1n) is 5.91. The van der Waals surface area contributed by atoms with Crippen molar-refractivity contribution in [3.8, 4) is 0 Å². The highest BCUT2D eigenvalue weighted by Crippen LogP contribution is 2.30. The Kier molecular flexibility index (Phi) is 3.20. The van der Waals surface area contributed by atoms with Crippen LogP contribution in [0.5, 0.6) is 0 Å². The third kappa shape index (κ3) is 2.67. The molecule has 0 radical (unpaired) electrons. The maximum absolute atomic E-state index is 10.9. The number of hydrogen-bond donors (Lipinski definition) is 1. The lowest BCUT2D eigenvalue weighted by atomic mass is 9.80. The van der Waals surface area contributed by atoms with E-state index in [1.54, 1.807) is 0 Å². The summed E-state index contributed by atoms with van der Waals surface area (Å²) in [5, 5.41) is 8.92. The summed E-state index contributed by atoms with van der Waals surface area (Å²) in [6.45, 7) is 5.36. The number of carboxylic acid groups (broad SMARTS) is 1. The van der Waals surface area contributed by atoms with Crippen molar-refractivity contribution in [2.24, 2.45) is 0 Å². The van der Waals surface area contributed by atoms with E-state index in [1.165, 1.54) is 11.1 Å². The zero-order chi connectivity index (χ0) is 12.5. The summed E-state index contributed by atoms with van der Waals surface area (Å²) in [6.07, 6.45) is 1.10. The zero-order valence-corrected chi connectivity index (χ0v) is 10.3. The summed E-state index contributed by atoms with van der Waals surface area (Å²) in [5.41, 5.74) is 3.26. The predicted octanol–water partition coefficient (Wildman–Crippen LogP) is 2.51. The molecule has 1 aliphatic rings. The number of rotatable bonds is 3. The second-order valence-electron chi connectivity index (χ2n) is 5.24. The van der Waals surface area contributed by atoms with Gasteiger partial charge in [-0.25, -0.2) is 0 Å². The van der Waals surface area contributed by atoms with E-state index in [9.17, 15) is 4.79 Å². The zero-order valence-electron chi connectivity index (χ0n) is 10.3. The first-order chi connectivity index (χ1) is 7.99. The summed E-state index contributed by atoms with van der Waals surface area (Å²) in [6, 6.07) is 6.25. The van der Waals surface area contributed by atoms with Crippen molar-refractivity contribution in [2.75, 3.05) is 6.61 Å². The average molecular weight is 234 g/mol. The van der Waals surface area contributed by atoms with Crippen LogP contribution >= 0.6 is 0 Å². The monoisotopic (exact) mass is 234 g/mol. The molecule has 0 bridgehead atoms. The number of carbonyl (C=O) groups is 1. The van der Waals surface area contributed by atoms with Gasteiger partial charge in [-0.15, -0.1) is 0 Å². The lowest BCUT2D eigenvalue weighted by Crippen LogP contribution is -2.22. The van der Waals surface area contributed by atoms with Crippen LogP contribution in [0, 0.1) is 0 Å². The topological polar surface area (TPSA) is 46.5 Å². The van der Waals surface area contributed by atoms with Gasteiger partial charge in [-0.3, -0.25) is 4.79 Å². The summed E-state index contributed by atoms with van der Waals surface area (Å²) in [4.78, 5) is 10.9. The van der Waals surface area contributed by atoms with Crippen molar-refractivity contribution in [3.05, 3.63) is 34.9 Å². The van der Waals surface area contributed by atoms with Gasteiger partial charge in [0, 0.05) is 5.41 Å². The van der Waals surface area contributed by atoms with Crippen molar-refractivity contribution >= 4 is 5.97 Å². The van der Waals surface area contributed by atoms with Gasteiger partial charge >= 0.3 is 5.97 Å². The Bertz CT molecular complexity index is 435. The Labute approximate surface area is 101 Å². The molecule has 0 saturated heterocycles. The molecule has 0 aromatic heterocycles. The van der Waals surface area contributed by atoms with Gasteiger partial charge in [-0.05, 0) is 23.1 Å². The van der Waals surface area contributed by atoms with Crippen LogP contribution in [0.15, 0.2) is 18.2 Å². The highest BCUT2D eigenvalue weighted by atomic mass is 16.5. The molecule has 1 aromatic carbocycles. The molecule has 1 aromatic rings. The fraction of sp³-hybridized carbons (Fsp3) is 0.500. The van der Waals surface area contributed by atoms with Crippen LogP contribution in [0.4, 0.5) is 0 Å². The van der Waals surface area contributed by atoms with Crippen LogP contribution in [0.2, 0.25) is 0 Å². The van der Waals surface area contributed by atoms with E-state index in [4.69, 9.17) is 9.84 Å². The lowest BCUT2D eigenvalue weighted by molar-refractivity contribution is -0.138. The number of fused-ring (bicyclic) bond motifs is 1. The quantitative estimate of drug-likeness (QED) is 0.874. The average Bonchev–Trinajstić information content (AvgIpc) is 2.26. The molecule has 0 aliphatic carbocycles. The molecule has 2 rings (SSSR count). The van der Waals surface area contributed by atoms with Crippen molar-refractivity contribution in [2.45, 2.75) is 38.7 Å². The molecular weight excluding hydrogens is 216 g/mol. The van der Waals surface area contributed by atoms with Crippen molar-refractivity contribution < 1.29 is 14.6 Å². The molecule has 0 saturated carbocycles. The second-order valence-corrected chi connectivity index (χ2v) is 5.24. The van der Waals surface area contributed by atoms with Crippen LogP contribution in [0.3, 0.4) is 0 Å². The van der Waals surface area contributed by atoms with E-state index >= 15 is 0 Å². The highest BCUT2D eigenvalue weighted by molar-refractivity contribution is 5.69. The van der Waals surface area contributed by atoms with E-state index < -0.39 is 5.97 Å². The summed E-state index contributed by atoms with van der Waals surface area (Å²) in [7, 11) is 0. The Balaban J connectivity index is 2.30. The molecule has 0 atom stereocenters. The second kappa shape index (κ2) is 4.49. The number of ether oxygens (including phenoxy) is 1. The first-order valence-corrected chi connectivity index (χ1v) is 5.91. The summed E-state index contributed by atoms with van der Waals surface area (Å²) >= 11 is 0. The number of benzene rings is 1. The van der Waals surface area contributed by atoms with Crippen LogP contribution in [0.25, 0.3) is 0 Å². The van der Waals surface area contributed by atoms with Gasteiger partial charge in [0.25, 0.3) is 0 Å². The van der Waals surface area contributed by atoms with E-state index in [0.29, 0.717) is 6.61 Å². The minimum Gasteiger partial charge on any atom is -0.481 e. The van der Waals surface area contributed by atoms with E-state index in [-0.39, 0.29) is 11.8 Å². The van der Waals surface area contributed by atoms with Gasteiger partial charge in [0.05, 0.1) is 19.6 Å². The number of hydrogen-bond acceptors (Lipinski definition) is 2. The fourth-order valence-corrected chi connectivity index (χ4v) is 2.27. The molecule has 3 nitrogen and oxygen atoms in total. The maximum atomic E-state index is 10.9. The minimum atomic E-state index is -0.760. The van der Waals surface area contributed by atoms with Crippen molar-refractivity contribution in [1.29, 1.82) is 0 Å². The largest absolute Gasteiger partial charge is 0.481 e. The van der Waals surface area contributed by atoms with Gasteiger partial charge in [0.15, 0.2) is 0 Å². The van der Waals surface area contributed by atoms with Crippen LogP contribution in [-0.2, 0) is 28.0 Å². The molecule has 0 unspecified atom stereocenters. The summed E-state index contributed by atoms with van der Waals surface area (Å²) < 4.78 is 5.43. The van der Waals surface area contributed by atoms with E-state index in [2.05, 4.69) is 12.1 Å². The standard InChI is InChI=1S/C14H18O3/c1-14(2,8-13(15)16)12-4-3-10-5-6-17-9-11(10)7-12/h3-4,7H,5-6,8-9H2,1-2H3,(H,15,16). The van der Waals surface area contributed by atoms with E-state index in [0.717, 1.165) is 18.6 Å². The van der Waals surface area contributed by atoms with Crippen molar-refractivity contribution in [1.82, 2.24) is 0 Å². The minimum absolute atomic E-state index is 0.145. The SMILES string of the molecule is CC(C)(CC(=O)O)c1ccc2c(c1)COCC2. The normalized spacial score (nSPS) is 15.4.